The molecule has 0 aliphatic carbocycles. The van der Waals surface area contributed by atoms with E-state index in [2.05, 4.69) is 5.32 Å². The van der Waals surface area contributed by atoms with Crippen molar-refractivity contribution in [3.05, 3.63) is 57.0 Å². The van der Waals surface area contributed by atoms with Crippen LogP contribution in [-0.4, -0.2) is 12.5 Å². The lowest BCUT2D eigenvalue weighted by Gasteiger charge is -2.09. The Morgan fingerprint density at radius 2 is 1.95 bits per heavy atom. The average Bonchev–Trinajstić information content (AvgIpc) is 2.49. The Labute approximate surface area is 142 Å². The molecule has 0 atom stereocenters. The zero-order chi connectivity index (χ0) is 16.1. The molecule has 2 rings (SSSR count). The molecular weight excluding hydrogens is 347 g/mol. The molecule has 2 aromatic rings. The van der Waals surface area contributed by atoms with Crippen LogP contribution in [0.5, 0.6) is 5.75 Å². The molecule has 2 aromatic carbocycles. The maximum Gasteiger partial charge on any atom is 0.262 e. The summed E-state index contributed by atoms with van der Waals surface area (Å²) in [6, 6.07) is 11.4. The highest BCUT2D eigenvalue weighted by molar-refractivity contribution is 6.42. The van der Waals surface area contributed by atoms with Gasteiger partial charge in [0, 0.05) is 5.69 Å². The van der Waals surface area contributed by atoms with Crippen molar-refractivity contribution in [1.29, 1.82) is 5.26 Å². The first-order valence-electron chi connectivity index (χ1n) is 6.07. The first-order chi connectivity index (χ1) is 10.5. The van der Waals surface area contributed by atoms with Crippen LogP contribution >= 0.6 is 34.8 Å². The third kappa shape index (κ3) is 4.05. The highest BCUT2D eigenvalue weighted by Gasteiger charge is 2.09. The predicted octanol–water partition coefficient (Wildman–Crippen LogP) is 4.54. The van der Waals surface area contributed by atoms with Crippen LogP contribution in [0.25, 0.3) is 0 Å². The Balaban J connectivity index is 1.97. The van der Waals surface area contributed by atoms with E-state index in [0.717, 1.165) is 0 Å². The van der Waals surface area contributed by atoms with Gasteiger partial charge in [-0.2, -0.15) is 5.26 Å². The van der Waals surface area contributed by atoms with E-state index in [9.17, 15) is 4.79 Å². The Kier molecular flexibility index (Phi) is 5.51. The van der Waals surface area contributed by atoms with E-state index < -0.39 is 5.91 Å². The molecule has 7 heteroatoms. The fraction of sp³-hybridized carbons (Fsp3) is 0.0667. The molecule has 0 aromatic heterocycles. The molecule has 0 aliphatic rings. The molecule has 0 saturated carbocycles. The van der Waals surface area contributed by atoms with Crippen molar-refractivity contribution in [1.82, 2.24) is 0 Å². The molecule has 0 aliphatic heterocycles. The van der Waals surface area contributed by atoms with Crippen LogP contribution in [-0.2, 0) is 4.79 Å². The maximum absolute atomic E-state index is 11.8. The van der Waals surface area contributed by atoms with E-state index in [4.69, 9.17) is 44.8 Å². The molecule has 0 saturated heterocycles. The molecule has 0 bridgehead atoms. The minimum Gasteiger partial charge on any atom is -0.482 e. The largest absolute Gasteiger partial charge is 0.482 e. The van der Waals surface area contributed by atoms with Crippen molar-refractivity contribution in [3.8, 4) is 11.8 Å². The highest BCUT2D eigenvalue weighted by Crippen LogP contribution is 2.31. The Morgan fingerprint density at radius 1 is 1.18 bits per heavy atom. The van der Waals surface area contributed by atoms with Crippen molar-refractivity contribution in [3.63, 3.8) is 0 Å². The van der Waals surface area contributed by atoms with E-state index in [1.807, 2.05) is 6.07 Å². The molecular formula is C15H9Cl3N2O2. The van der Waals surface area contributed by atoms with Crippen LogP contribution in [0.3, 0.4) is 0 Å². The van der Waals surface area contributed by atoms with Gasteiger partial charge in [-0.15, -0.1) is 0 Å². The first kappa shape index (κ1) is 16.4. The molecule has 0 spiro atoms. The van der Waals surface area contributed by atoms with Crippen LogP contribution in [0.15, 0.2) is 36.4 Å². The smallest absolute Gasteiger partial charge is 0.262 e. The summed E-state index contributed by atoms with van der Waals surface area (Å²) >= 11 is 17.7. The number of nitrogens with one attached hydrogen (secondary N) is 1. The van der Waals surface area contributed by atoms with Crippen molar-refractivity contribution in [2.75, 3.05) is 11.9 Å². The fourth-order valence-corrected chi connectivity index (χ4v) is 2.19. The van der Waals surface area contributed by atoms with E-state index in [-0.39, 0.29) is 16.7 Å². The van der Waals surface area contributed by atoms with Crippen molar-refractivity contribution < 1.29 is 9.53 Å². The number of amides is 1. The van der Waals surface area contributed by atoms with Crippen LogP contribution in [0.2, 0.25) is 15.1 Å². The number of hydrogen-bond donors (Lipinski definition) is 1. The zero-order valence-electron chi connectivity index (χ0n) is 11.1. The molecule has 0 fully saturated rings. The summed E-state index contributed by atoms with van der Waals surface area (Å²) in [4.78, 5) is 11.8. The number of carbonyl (C=O) groups excluding carboxylic acids is 1. The zero-order valence-corrected chi connectivity index (χ0v) is 13.3. The standard InChI is InChI=1S/C15H9Cl3N2O2/c16-11-2-1-3-13(15(11)18)22-8-14(21)20-10-5-4-9(7-19)12(17)6-10/h1-6H,8H2,(H,20,21). The Hall–Kier alpha value is -1.93. The Morgan fingerprint density at radius 3 is 2.64 bits per heavy atom. The van der Waals surface area contributed by atoms with E-state index >= 15 is 0 Å². The number of anilines is 1. The van der Waals surface area contributed by atoms with Gasteiger partial charge in [-0.3, -0.25) is 4.79 Å². The third-order valence-electron chi connectivity index (χ3n) is 2.65. The second kappa shape index (κ2) is 7.37. The molecule has 22 heavy (non-hydrogen) atoms. The van der Waals surface area contributed by atoms with Gasteiger partial charge in [0.2, 0.25) is 0 Å². The molecule has 0 heterocycles. The van der Waals surface area contributed by atoms with Crippen LogP contribution in [0, 0.1) is 11.3 Å². The summed E-state index contributed by atoms with van der Waals surface area (Å²) in [5.41, 5.74) is 0.802. The van der Waals surface area contributed by atoms with E-state index in [1.54, 1.807) is 24.3 Å². The molecule has 1 amide bonds. The number of carbonyl (C=O) groups is 1. The minimum absolute atomic E-state index is 0.238. The second-order valence-electron chi connectivity index (χ2n) is 4.20. The summed E-state index contributed by atoms with van der Waals surface area (Å²) in [5.74, 6) is -0.0704. The minimum atomic E-state index is -0.392. The van der Waals surface area contributed by atoms with Gasteiger partial charge in [0.05, 0.1) is 15.6 Å². The number of hydrogen-bond acceptors (Lipinski definition) is 3. The summed E-state index contributed by atoms with van der Waals surface area (Å²) in [7, 11) is 0. The monoisotopic (exact) mass is 354 g/mol. The number of benzene rings is 2. The molecule has 0 unspecified atom stereocenters. The van der Waals surface area contributed by atoms with Gasteiger partial charge >= 0.3 is 0 Å². The number of nitrogens with zero attached hydrogens (tertiary/aromatic N) is 1. The lowest BCUT2D eigenvalue weighted by atomic mass is 10.2. The number of halogens is 3. The summed E-state index contributed by atoms with van der Waals surface area (Å²) in [6.45, 7) is -0.238. The quantitative estimate of drug-likeness (QED) is 0.876. The summed E-state index contributed by atoms with van der Waals surface area (Å²) in [5, 5.41) is 12.2. The first-order valence-corrected chi connectivity index (χ1v) is 7.21. The van der Waals surface area contributed by atoms with E-state index in [1.165, 1.54) is 12.1 Å². The average molecular weight is 356 g/mol. The second-order valence-corrected chi connectivity index (χ2v) is 5.39. The highest BCUT2D eigenvalue weighted by atomic mass is 35.5. The topological polar surface area (TPSA) is 62.1 Å². The van der Waals surface area contributed by atoms with Gasteiger partial charge < -0.3 is 10.1 Å². The van der Waals surface area contributed by atoms with Gasteiger partial charge in [0.15, 0.2) is 6.61 Å². The SMILES string of the molecule is N#Cc1ccc(NC(=O)COc2cccc(Cl)c2Cl)cc1Cl. The molecule has 1 N–H and O–H groups in total. The Bertz CT molecular complexity index is 757. The molecule has 112 valence electrons. The summed E-state index contributed by atoms with van der Waals surface area (Å²) in [6.07, 6.45) is 0. The normalized spacial score (nSPS) is 9.91. The van der Waals surface area contributed by atoms with E-state index in [0.29, 0.717) is 22.0 Å². The van der Waals surface area contributed by atoms with Gasteiger partial charge in [0.1, 0.15) is 16.8 Å². The maximum atomic E-state index is 11.8. The molecule has 0 radical (unpaired) electrons. The van der Waals surface area contributed by atoms with Gasteiger partial charge in [0.25, 0.3) is 5.91 Å². The number of nitriles is 1. The van der Waals surface area contributed by atoms with Gasteiger partial charge in [-0.25, -0.2) is 0 Å². The van der Waals surface area contributed by atoms with Crippen molar-refractivity contribution in [2.45, 2.75) is 0 Å². The summed E-state index contributed by atoms with van der Waals surface area (Å²) < 4.78 is 5.31. The van der Waals surface area contributed by atoms with Crippen LogP contribution in [0.1, 0.15) is 5.56 Å². The van der Waals surface area contributed by atoms with Crippen LogP contribution in [0.4, 0.5) is 5.69 Å². The fourth-order valence-electron chi connectivity index (χ4n) is 1.62. The lowest BCUT2D eigenvalue weighted by Crippen LogP contribution is -2.20. The molecule has 4 nitrogen and oxygen atoms in total. The number of ether oxygens (including phenoxy) is 1. The third-order valence-corrected chi connectivity index (χ3v) is 3.76. The number of rotatable bonds is 4. The van der Waals surface area contributed by atoms with Crippen LogP contribution < -0.4 is 10.1 Å². The predicted molar refractivity (Wildman–Crippen MR) is 86.8 cm³/mol. The van der Waals surface area contributed by atoms with Gasteiger partial charge in [-0.1, -0.05) is 40.9 Å². The van der Waals surface area contributed by atoms with Crippen molar-refractivity contribution >= 4 is 46.4 Å². The van der Waals surface area contributed by atoms with Crippen molar-refractivity contribution in [2.24, 2.45) is 0 Å². The lowest BCUT2D eigenvalue weighted by molar-refractivity contribution is -0.118. The van der Waals surface area contributed by atoms with Gasteiger partial charge in [-0.05, 0) is 30.3 Å².